The maximum absolute atomic E-state index is 13.2. The third-order valence-corrected chi connectivity index (χ3v) is 3.49. The van der Waals surface area contributed by atoms with Crippen LogP contribution in [0.3, 0.4) is 0 Å². The molecule has 4 rings (SSSR count). The van der Waals surface area contributed by atoms with E-state index in [4.69, 9.17) is 0 Å². The molecule has 5 heteroatoms. The summed E-state index contributed by atoms with van der Waals surface area (Å²) in [6.45, 7) is 0. The van der Waals surface area contributed by atoms with Gasteiger partial charge in [0.25, 0.3) is 0 Å². The molecule has 0 saturated carbocycles. The van der Waals surface area contributed by atoms with Gasteiger partial charge in [-0.15, -0.1) is 0 Å². The molecule has 102 valence electrons. The number of benzene rings is 2. The van der Waals surface area contributed by atoms with Crippen molar-refractivity contribution in [3.05, 3.63) is 65.9 Å². The third kappa shape index (κ3) is 1.82. The van der Waals surface area contributed by atoms with Crippen LogP contribution in [0.2, 0.25) is 0 Å². The molecule has 0 aliphatic rings. The maximum Gasteiger partial charge on any atom is 0.230 e. The van der Waals surface area contributed by atoms with Gasteiger partial charge >= 0.3 is 0 Å². The second kappa shape index (κ2) is 4.28. The number of nitrogens with zero attached hydrogens (tertiary/aromatic N) is 1. The second-order valence-corrected chi connectivity index (χ2v) is 4.82. The van der Waals surface area contributed by atoms with Crippen molar-refractivity contribution in [1.29, 1.82) is 0 Å². The summed E-state index contributed by atoms with van der Waals surface area (Å²) in [6, 6.07) is 11.8. The molecule has 0 atom stereocenters. The average molecular weight is 279 g/mol. The highest BCUT2D eigenvalue weighted by atomic mass is 19.1. The molecule has 0 amide bonds. The van der Waals surface area contributed by atoms with Crippen LogP contribution in [-0.2, 0) is 0 Å². The lowest BCUT2D eigenvalue weighted by atomic mass is 10.1. The number of hydrogen-bond acceptors (Lipinski definition) is 2. The molecule has 4 nitrogen and oxygen atoms in total. The van der Waals surface area contributed by atoms with Crippen molar-refractivity contribution in [3.8, 4) is 0 Å². The van der Waals surface area contributed by atoms with Crippen molar-refractivity contribution in [2.24, 2.45) is 0 Å². The predicted molar refractivity (Wildman–Crippen MR) is 77.8 cm³/mol. The maximum atomic E-state index is 13.2. The second-order valence-electron chi connectivity index (χ2n) is 4.82. The zero-order chi connectivity index (χ0) is 14.4. The predicted octanol–water partition coefficient (Wildman–Crippen LogP) is 3.41. The summed E-state index contributed by atoms with van der Waals surface area (Å²) in [7, 11) is 0. The molecule has 0 unspecified atom stereocenters. The summed E-state index contributed by atoms with van der Waals surface area (Å²) in [5, 5.41) is 0.842. The average Bonchev–Trinajstić information content (AvgIpc) is 3.09. The minimum atomic E-state index is -0.364. The van der Waals surface area contributed by atoms with E-state index in [1.807, 2.05) is 24.3 Å². The molecule has 2 aromatic heterocycles. The van der Waals surface area contributed by atoms with Gasteiger partial charge in [0.15, 0.2) is 5.82 Å². The van der Waals surface area contributed by atoms with Gasteiger partial charge in [-0.1, -0.05) is 18.2 Å². The Morgan fingerprint density at radius 3 is 2.86 bits per heavy atom. The molecule has 21 heavy (non-hydrogen) atoms. The Morgan fingerprint density at radius 2 is 1.95 bits per heavy atom. The SMILES string of the molecule is O=C(c1nc2ccc(F)cc2[nH]1)c1c[nH]c2ccccc12. The summed E-state index contributed by atoms with van der Waals surface area (Å²) in [5.41, 5.74) is 2.52. The number of H-pyrrole nitrogens is 2. The van der Waals surface area contributed by atoms with Crippen molar-refractivity contribution in [3.63, 3.8) is 0 Å². The normalized spacial score (nSPS) is 11.3. The zero-order valence-electron chi connectivity index (χ0n) is 10.9. The van der Waals surface area contributed by atoms with Crippen LogP contribution in [0, 0.1) is 5.82 Å². The monoisotopic (exact) mass is 279 g/mol. The molecular formula is C16H10FN3O. The molecule has 0 saturated heterocycles. The summed E-state index contributed by atoms with van der Waals surface area (Å²) < 4.78 is 13.2. The number of para-hydroxylation sites is 1. The van der Waals surface area contributed by atoms with Crippen LogP contribution in [0.5, 0.6) is 0 Å². The van der Waals surface area contributed by atoms with Crippen LogP contribution >= 0.6 is 0 Å². The minimum Gasteiger partial charge on any atom is -0.360 e. The van der Waals surface area contributed by atoms with Gasteiger partial charge in [-0.05, 0) is 24.3 Å². The fraction of sp³-hybridized carbons (Fsp3) is 0. The van der Waals surface area contributed by atoms with Crippen LogP contribution in [-0.4, -0.2) is 20.7 Å². The van der Waals surface area contributed by atoms with Crippen molar-refractivity contribution in [1.82, 2.24) is 15.0 Å². The van der Waals surface area contributed by atoms with E-state index >= 15 is 0 Å². The van der Waals surface area contributed by atoms with Gasteiger partial charge < -0.3 is 9.97 Å². The van der Waals surface area contributed by atoms with Crippen molar-refractivity contribution < 1.29 is 9.18 Å². The fourth-order valence-electron chi connectivity index (χ4n) is 2.48. The number of ketones is 1. The smallest absolute Gasteiger partial charge is 0.230 e. The molecule has 0 spiro atoms. The highest BCUT2D eigenvalue weighted by molar-refractivity contribution is 6.15. The first-order valence-corrected chi connectivity index (χ1v) is 6.48. The molecule has 2 N–H and O–H groups in total. The molecule has 4 aromatic rings. The van der Waals surface area contributed by atoms with Crippen LogP contribution in [0.15, 0.2) is 48.7 Å². The number of nitrogens with one attached hydrogen (secondary N) is 2. The first-order valence-electron chi connectivity index (χ1n) is 6.48. The summed E-state index contributed by atoms with van der Waals surface area (Å²) >= 11 is 0. The van der Waals surface area contributed by atoms with Gasteiger partial charge in [-0.3, -0.25) is 4.79 Å². The van der Waals surface area contributed by atoms with Gasteiger partial charge in [0.1, 0.15) is 5.82 Å². The Kier molecular flexibility index (Phi) is 2.41. The summed E-state index contributed by atoms with van der Waals surface area (Å²) in [6.07, 6.45) is 1.67. The number of carbonyl (C=O) groups excluding carboxylic acids is 1. The lowest BCUT2D eigenvalue weighted by Crippen LogP contribution is -2.02. The molecule has 0 aliphatic heterocycles. The topological polar surface area (TPSA) is 61.5 Å². The first kappa shape index (κ1) is 11.8. The molecule has 0 radical (unpaired) electrons. The van der Waals surface area contributed by atoms with Gasteiger partial charge in [0, 0.05) is 17.1 Å². The van der Waals surface area contributed by atoms with E-state index in [2.05, 4.69) is 15.0 Å². The number of fused-ring (bicyclic) bond motifs is 2. The highest BCUT2D eigenvalue weighted by Gasteiger charge is 2.17. The number of aromatic nitrogens is 3. The number of hydrogen-bond donors (Lipinski definition) is 2. The van der Waals surface area contributed by atoms with Crippen molar-refractivity contribution in [2.75, 3.05) is 0 Å². The van der Waals surface area contributed by atoms with Crippen LogP contribution in [0.25, 0.3) is 21.9 Å². The van der Waals surface area contributed by atoms with E-state index in [0.29, 0.717) is 16.6 Å². The summed E-state index contributed by atoms with van der Waals surface area (Å²) in [4.78, 5) is 22.7. The largest absolute Gasteiger partial charge is 0.360 e. The molecule has 2 aromatic carbocycles. The van der Waals surface area contributed by atoms with E-state index in [-0.39, 0.29) is 17.4 Å². The fourth-order valence-corrected chi connectivity index (χ4v) is 2.48. The Bertz CT molecular complexity index is 983. The lowest BCUT2D eigenvalue weighted by Gasteiger charge is -1.95. The van der Waals surface area contributed by atoms with Gasteiger partial charge in [-0.25, -0.2) is 9.37 Å². The third-order valence-electron chi connectivity index (χ3n) is 3.49. The minimum absolute atomic E-state index is 0.209. The summed E-state index contributed by atoms with van der Waals surface area (Å²) in [5.74, 6) is -0.373. The highest BCUT2D eigenvalue weighted by Crippen LogP contribution is 2.21. The van der Waals surface area contributed by atoms with Gasteiger partial charge in [0.2, 0.25) is 5.78 Å². The Labute approximate surface area is 118 Å². The van der Waals surface area contributed by atoms with E-state index < -0.39 is 0 Å². The van der Waals surface area contributed by atoms with E-state index in [1.165, 1.54) is 12.1 Å². The molecule has 0 fully saturated rings. The number of aromatic amines is 2. The Balaban J connectivity index is 1.86. The van der Waals surface area contributed by atoms with Crippen molar-refractivity contribution >= 4 is 27.7 Å². The first-order chi connectivity index (χ1) is 10.2. The van der Waals surface area contributed by atoms with Gasteiger partial charge in [0.05, 0.1) is 16.6 Å². The number of carbonyl (C=O) groups is 1. The van der Waals surface area contributed by atoms with Crippen molar-refractivity contribution in [2.45, 2.75) is 0 Å². The molecule has 0 aliphatic carbocycles. The molecular weight excluding hydrogens is 269 g/mol. The van der Waals surface area contributed by atoms with E-state index in [9.17, 15) is 9.18 Å². The Hall–Kier alpha value is -2.95. The van der Waals surface area contributed by atoms with E-state index in [0.717, 1.165) is 10.9 Å². The number of rotatable bonds is 2. The van der Waals surface area contributed by atoms with Crippen LogP contribution in [0.4, 0.5) is 4.39 Å². The lowest BCUT2D eigenvalue weighted by molar-refractivity contribution is 0.103. The van der Waals surface area contributed by atoms with Crippen LogP contribution < -0.4 is 0 Å². The molecule has 0 bridgehead atoms. The number of halogens is 1. The Morgan fingerprint density at radius 1 is 1.10 bits per heavy atom. The zero-order valence-corrected chi connectivity index (χ0v) is 10.9. The van der Waals surface area contributed by atoms with Gasteiger partial charge in [-0.2, -0.15) is 0 Å². The quantitative estimate of drug-likeness (QED) is 0.552. The van der Waals surface area contributed by atoms with Crippen LogP contribution in [0.1, 0.15) is 16.2 Å². The van der Waals surface area contributed by atoms with E-state index in [1.54, 1.807) is 12.3 Å². The molecule has 2 heterocycles. The standard InChI is InChI=1S/C16H10FN3O/c17-9-5-6-13-14(7-9)20-16(19-13)15(21)11-8-18-12-4-2-1-3-10(11)12/h1-8,18H,(H,19,20). The number of imidazole rings is 1.